The molecule has 3 heteroatoms. The van der Waals surface area contributed by atoms with E-state index < -0.39 is 0 Å². The van der Waals surface area contributed by atoms with E-state index in [1.807, 2.05) is 4.68 Å². The molecule has 0 unspecified atom stereocenters. The number of nitrogens with zero attached hydrogens (tertiary/aromatic N) is 3. The second-order valence-electron chi connectivity index (χ2n) is 5.00. The number of hydrogen-bond acceptors (Lipinski definition) is 2. The van der Waals surface area contributed by atoms with Crippen LogP contribution in [0, 0.1) is 0 Å². The minimum absolute atomic E-state index is 0.198. The molecule has 86 valence electrons. The summed E-state index contributed by atoms with van der Waals surface area (Å²) in [7, 11) is 4.17. The maximum absolute atomic E-state index is 4.61. The molecule has 0 aliphatic carbocycles. The van der Waals surface area contributed by atoms with Gasteiger partial charge in [-0.1, -0.05) is 20.8 Å². The topological polar surface area (TPSA) is 21.1 Å². The molecule has 0 bridgehead atoms. The van der Waals surface area contributed by atoms with E-state index in [1.165, 1.54) is 5.69 Å². The molecular formula is C12H23N3. The van der Waals surface area contributed by atoms with Crippen LogP contribution in [0.1, 0.15) is 32.9 Å². The normalized spacial score (nSPS) is 12.4. The van der Waals surface area contributed by atoms with Crippen LogP contribution in [0.25, 0.3) is 0 Å². The number of aromatic nitrogens is 2. The third kappa shape index (κ3) is 3.34. The average molecular weight is 209 g/mol. The number of likely N-dealkylation sites (N-methyl/N-ethyl adjacent to an activating group) is 1. The van der Waals surface area contributed by atoms with Gasteiger partial charge in [0.2, 0.25) is 0 Å². The second kappa shape index (κ2) is 4.79. The molecule has 0 N–H and O–H groups in total. The maximum atomic E-state index is 4.61. The Labute approximate surface area is 93.1 Å². The van der Waals surface area contributed by atoms with Gasteiger partial charge in [-0.25, -0.2) is 0 Å². The van der Waals surface area contributed by atoms with Gasteiger partial charge < -0.3 is 4.90 Å². The van der Waals surface area contributed by atoms with Crippen LogP contribution in [0.15, 0.2) is 12.3 Å². The van der Waals surface area contributed by atoms with E-state index in [2.05, 4.69) is 57.1 Å². The molecule has 1 heterocycles. The van der Waals surface area contributed by atoms with E-state index in [0.717, 1.165) is 19.5 Å². The zero-order valence-corrected chi connectivity index (χ0v) is 10.6. The largest absolute Gasteiger partial charge is 0.308 e. The van der Waals surface area contributed by atoms with Gasteiger partial charge in [0.15, 0.2) is 0 Å². The summed E-state index contributed by atoms with van der Waals surface area (Å²) < 4.78 is 2.03. The van der Waals surface area contributed by atoms with Crippen molar-refractivity contribution in [1.29, 1.82) is 0 Å². The van der Waals surface area contributed by atoms with Crippen LogP contribution in [0.3, 0.4) is 0 Å². The Morgan fingerprint density at radius 1 is 1.40 bits per heavy atom. The first-order valence-electron chi connectivity index (χ1n) is 5.64. The summed E-state index contributed by atoms with van der Waals surface area (Å²) in [5, 5.41) is 4.61. The Hall–Kier alpha value is -0.830. The molecule has 15 heavy (non-hydrogen) atoms. The molecule has 0 radical (unpaired) electrons. The van der Waals surface area contributed by atoms with E-state index in [9.17, 15) is 0 Å². The summed E-state index contributed by atoms with van der Waals surface area (Å²) in [6, 6.07) is 2.14. The van der Waals surface area contributed by atoms with Crippen molar-refractivity contribution in [3.63, 3.8) is 0 Å². The van der Waals surface area contributed by atoms with Crippen molar-refractivity contribution in [3.05, 3.63) is 18.0 Å². The van der Waals surface area contributed by atoms with Gasteiger partial charge in [-0.3, -0.25) is 4.68 Å². The molecule has 1 rings (SSSR count). The Kier molecular flexibility index (Phi) is 3.91. The van der Waals surface area contributed by atoms with E-state index in [-0.39, 0.29) is 5.41 Å². The maximum Gasteiger partial charge on any atom is 0.0680 e. The second-order valence-corrected chi connectivity index (χ2v) is 5.00. The molecule has 0 aromatic carbocycles. The molecule has 1 aromatic heterocycles. The van der Waals surface area contributed by atoms with Crippen LogP contribution in [0.2, 0.25) is 0 Å². The predicted molar refractivity (Wildman–Crippen MR) is 64.1 cm³/mol. The highest BCUT2D eigenvalue weighted by atomic mass is 15.3. The third-order valence-corrected chi connectivity index (χ3v) is 2.99. The zero-order chi connectivity index (χ0) is 11.5. The summed E-state index contributed by atoms with van der Waals surface area (Å²) in [4.78, 5) is 2.17. The van der Waals surface area contributed by atoms with Crippen molar-refractivity contribution in [2.75, 3.05) is 20.6 Å². The van der Waals surface area contributed by atoms with Gasteiger partial charge >= 0.3 is 0 Å². The van der Waals surface area contributed by atoms with Gasteiger partial charge in [-0.2, -0.15) is 5.10 Å². The van der Waals surface area contributed by atoms with Crippen LogP contribution in [0.5, 0.6) is 0 Å². The third-order valence-electron chi connectivity index (χ3n) is 2.99. The van der Waals surface area contributed by atoms with Gasteiger partial charge in [-0.15, -0.1) is 0 Å². The van der Waals surface area contributed by atoms with Gasteiger partial charge in [0.05, 0.1) is 12.2 Å². The average Bonchev–Trinajstić information content (AvgIpc) is 2.63. The number of rotatable bonds is 5. The summed E-state index contributed by atoms with van der Waals surface area (Å²) in [6.07, 6.45) is 3.20. The first-order chi connectivity index (χ1) is 6.95. The SMILES string of the molecule is CCC(C)(C)c1ccn(CCN(C)C)n1. The molecule has 0 aliphatic rings. The van der Waals surface area contributed by atoms with Gasteiger partial charge in [-0.05, 0) is 26.6 Å². The molecular weight excluding hydrogens is 186 g/mol. The van der Waals surface area contributed by atoms with Crippen LogP contribution in [0.4, 0.5) is 0 Å². The molecule has 0 saturated heterocycles. The first-order valence-corrected chi connectivity index (χ1v) is 5.64. The molecule has 0 amide bonds. The first kappa shape index (κ1) is 12.2. The summed E-state index contributed by atoms with van der Waals surface area (Å²) in [5.41, 5.74) is 1.40. The highest BCUT2D eigenvalue weighted by Gasteiger charge is 2.20. The summed E-state index contributed by atoms with van der Waals surface area (Å²) >= 11 is 0. The lowest BCUT2D eigenvalue weighted by atomic mass is 9.87. The van der Waals surface area contributed by atoms with Crippen molar-refractivity contribution < 1.29 is 0 Å². The molecule has 0 fully saturated rings. The van der Waals surface area contributed by atoms with Crippen LogP contribution in [-0.4, -0.2) is 35.3 Å². The standard InChI is InChI=1S/C12H23N3/c1-6-12(2,3)11-7-8-15(13-11)10-9-14(4)5/h7-8H,6,9-10H2,1-5H3. The molecule has 3 nitrogen and oxygen atoms in total. The molecule has 0 saturated carbocycles. The predicted octanol–water partition coefficient (Wildman–Crippen LogP) is 2.13. The highest BCUT2D eigenvalue weighted by Crippen LogP contribution is 2.24. The molecule has 1 aromatic rings. The lowest BCUT2D eigenvalue weighted by molar-refractivity contribution is 0.369. The van der Waals surface area contributed by atoms with E-state index in [4.69, 9.17) is 0 Å². The fraction of sp³-hybridized carbons (Fsp3) is 0.750. The van der Waals surface area contributed by atoms with Gasteiger partial charge in [0.25, 0.3) is 0 Å². The summed E-state index contributed by atoms with van der Waals surface area (Å²) in [5.74, 6) is 0. The van der Waals surface area contributed by atoms with Crippen molar-refractivity contribution in [2.24, 2.45) is 0 Å². The minimum Gasteiger partial charge on any atom is -0.308 e. The monoisotopic (exact) mass is 209 g/mol. The minimum atomic E-state index is 0.198. The van der Waals surface area contributed by atoms with E-state index >= 15 is 0 Å². The van der Waals surface area contributed by atoms with Crippen molar-refractivity contribution >= 4 is 0 Å². The van der Waals surface area contributed by atoms with E-state index in [0.29, 0.717) is 0 Å². The van der Waals surface area contributed by atoms with Crippen molar-refractivity contribution in [2.45, 2.75) is 39.2 Å². The lowest BCUT2D eigenvalue weighted by Crippen LogP contribution is -2.20. The molecule has 0 atom stereocenters. The fourth-order valence-corrected chi connectivity index (χ4v) is 1.33. The Bertz CT molecular complexity index is 300. The van der Waals surface area contributed by atoms with Crippen LogP contribution < -0.4 is 0 Å². The Morgan fingerprint density at radius 3 is 2.60 bits per heavy atom. The lowest BCUT2D eigenvalue weighted by Gasteiger charge is -2.19. The van der Waals surface area contributed by atoms with Gasteiger partial charge in [0, 0.05) is 18.2 Å². The molecule has 0 spiro atoms. The summed E-state index contributed by atoms with van der Waals surface area (Å²) in [6.45, 7) is 8.69. The van der Waals surface area contributed by atoms with Crippen LogP contribution >= 0.6 is 0 Å². The number of hydrogen-bond donors (Lipinski definition) is 0. The quantitative estimate of drug-likeness (QED) is 0.741. The fourth-order valence-electron chi connectivity index (χ4n) is 1.33. The smallest absolute Gasteiger partial charge is 0.0680 e. The highest BCUT2D eigenvalue weighted by molar-refractivity contribution is 5.11. The van der Waals surface area contributed by atoms with Crippen LogP contribution in [-0.2, 0) is 12.0 Å². The zero-order valence-electron chi connectivity index (χ0n) is 10.6. The Balaban J connectivity index is 2.64. The van der Waals surface area contributed by atoms with E-state index in [1.54, 1.807) is 0 Å². The van der Waals surface area contributed by atoms with Crippen molar-refractivity contribution in [1.82, 2.24) is 14.7 Å². The van der Waals surface area contributed by atoms with Crippen molar-refractivity contribution in [3.8, 4) is 0 Å². The Morgan fingerprint density at radius 2 is 2.07 bits per heavy atom. The van der Waals surface area contributed by atoms with Gasteiger partial charge in [0.1, 0.15) is 0 Å². The molecule has 0 aliphatic heterocycles.